The Bertz CT molecular complexity index is 1220. The predicted octanol–water partition coefficient (Wildman–Crippen LogP) is 4.92. The number of phenols is 2. The second-order valence-electron chi connectivity index (χ2n) is 6.82. The molecular formula is C24H18O6. The first-order chi connectivity index (χ1) is 14.4. The minimum atomic E-state index is -0.514. The number of carbonyl (C=O) groups excluding carboxylic acids is 2. The minimum Gasteiger partial charge on any atom is -0.507 e. The highest BCUT2D eigenvalue weighted by molar-refractivity contribution is 6.13. The fraction of sp³-hybridized carbons (Fsp3) is 0.0833. The Morgan fingerprint density at radius 1 is 0.633 bits per heavy atom. The molecule has 6 heteroatoms. The van der Waals surface area contributed by atoms with Crippen molar-refractivity contribution in [2.24, 2.45) is 0 Å². The zero-order chi connectivity index (χ0) is 21.4. The summed E-state index contributed by atoms with van der Waals surface area (Å²) in [5, 5.41) is 23.9. The molecule has 0 heterocycles. The largest absolute Gasteiger partial charge is 0.507 e. The normalized spacial score (nSPS) is 10.9. The van der Waals surface area contributed by atoms with Gasteiger partial charge in [-0.15, -0.1) is 0 Å². The summed E-state index contributed by atoms with van der Waals surface area (Å²) in [4.78, 5) is 23.3. The van der Waals surface area contributed by atoms with E-state index in [1.54, 1.807) is 48.5 Å². The molecule has 0 saturated heterocycles. The summed E-state index contributed by atoms with van der Waals surface area (Å²) in [6.45, 7) is 2.57. The summed E-state index contributed by atoms with van der Waals surface area (Å²) in [5.41, 5.74) is 0.541. The van der Waals surface area contributed by atoms with Gasteiger partial charge < -0.3 is 19.7 Å². The second-order valence-corrected chi connectivity index (χ2v) is 6.82. The first-order valence-corrected chi connectivity index (χ1v) is 9.23. The van der Waals surface area contributed by atoms with Gasteiger partial charge in [0.1, 0.15) is 23.0 Å². The van der Waals surface area contributed by atoms with Gasteiger partial charge >= 0.3 is 11.9 Å². The van der Waals surface area contributed by atoms with Crippen LogP contribution >= 0.6 is 0 Å². The maximum absolute atomic E-state index is 11.7. The maximum atomic E-state index is 11.7. The number of hydrogen-bond acceptors (Lipinski definition) is 6. The van der Waals surface area contributed by atoms with E-state index in [2.05, 4.69) is 0 Å². The summed E-state index contributed by atoms with van der Waals surface area (Å²) in [7, 11) is 0. The van der Waals surface area contributed by atoms with Crippen LogP contribution in [0.2, 0.25) is 0 Å². The van der Waals surface area contributed by atoms with E-state index in [1.807, 2.05) is 0 Å². The van der Waals surface area contributed by atoms with Gasteiger partial charge in [-0.25, -0.2) is 0 Å². The molecule has 0 radical (unpaired) electrons. The van der Waals surface area contributed by atoms with Gasteiger partial charge in [-0.3, -0.25) is 9.59 Å². The summed E-state index contributed by atoms with van der Waals surface area (Å²) in [6, 6.07) is 16.7. The lowest BCUT2D eigenvalue weighted by molar-refractivity contribution is -0.132. The van der Waals surface area contributed by atoms with E-state index in [4.69, 9.17) is 9.47 Å². The molecule has 0 unspecified atom stereocenters. The average Bonchev–Trinajstić information content (AvgIpc) is 2.68. The van der Waals surface area contributed by atoms with Crippen LogP contribution in [0.1, 0.15) is 13.8 Å². The van der Waals surface area contributed by atoms with Crippen LogP contribution in [0.3, 0.4) is 0 Å². The Hall–Kier alpha value is -4.06. The van der Waals surface area contributed by atoms with Gasteiger partial charge in [-0.2, -0.15) is 0 Å². The molecule has 0 aliphatic heterocycles. The standard InChI is InChI=1S/C24H18O6/c1-13(25)29-19-7-3-5-15-9-11-17(27)23(21(15)19)24-18(28)12-10-16-6-4-8-20(22(16)24)30-14(2)26/h3-12,27-28H,1-2H3. The Kier molecular flexibility index (Phi) is 4.75. The summed E-state index contributed by atoms with van der Waals surface area (Å²) < 4.78 is 10.7. The summed E-state index contributed by atoms with van der Waals surface area (Å²) in [6.07, 6.45) is 0. The molecule has 0 aromatic heterocycles. The third kappa shape index (κ3) is 3.28. The average molecular weight is 402 g/mol. The van der Waals surface area contributed by atoms with Gasteiger partial charge in [0.05, 0.1) is 0 Å². The second kappa shape index (κ2) is 7.40. The number of fused-ring (bicyclic) bond motifs is 2. The van der Waals surface area contributed by atoms with Gasteiger partial charge in [-0.1, -0.05) is 36.4 Å². The van der Waals surface area contributed by atoms with Crippen LogP contribution in [0, 0.1) is 0 Å². The number of hydrogen-bond donors (Lipinski definition) is 2. The van der Waals surface area contributed by atoms with E-state index in [0.29, 0.717) is 21.5 Å². The van der Waals surface area contributed by atoms with E-state index in [9.17, 15) is 19.8 Å². The molecule has 0 fully saturated rings. The van der Waals surface area contributed by atoms with Crippen LogP contribution in [0.15, 0.2) is 60.7 Å². The summed E-state index contributed by atoms with van der Waals surface area (Å²) in [5.74, 6) is -0.788. The van der Waals surface area contributed by atoms with Gasteiger partial charge in [0.25, 0.3) is 0 Å². The number of rotatable bonds is 3. The first kappa shape index (κ1) is 19.3. The molecule has 0 amide bonds. The van der Waals surface area contributed by atoms with Crippen molar-refractivity contribution in [2.75, 3.05) is 0 Å². The zero-order valence-corrected chi connectivity index (χ0v) is 16.3. The van der Waals surface area contributed by atoms with Crippen LogP contribution in [0.25, 0.3) is 32.7 Å². The SMILES string of the molecule is CC(=O)Oc1cccc2ccc(O)c(-c3c(O)ccc4cccc(OC(C)=O)c34)c12. The topological polar surface area (TPSA) is 93.1 Å². The fourth-order valence-corrected chi connectivity index (χ4v) is 3.66. The molecule has 0 atom stereocenters. The van der Waals surface area contributed by atoms with Crippen molar-refractivity contribution < 1.29 is 29.3 Å². The molecule has 0 aliphatic carbocycles. The Balaban J connectivity index is 2.18. The van der Waals surface area contributed by atoms with Crippen molar-refractivity contribution >= 4 is 33.5 Å². The fourth-order valence-electron chi connectivity index (χ4n) is 3.66. The van der Waals surface area contributed by atoms with Crippen molar-refractivity contribution in [3.63, 3.8) is 0 Å². The van der Waals surface area contributed by atoms with Gasteiger partial charge in [0.15, 0.2) is 0 Å². The van der Waals surface area contributed by atoms with E-state index in [1.165, 1.54) is 26.0 Å². The predicted molar refractivity (Wildman–Crippen MR) is 113 cm³/mol. The molecule has 30 heavy (non-hydrogen) atoms. The molecular weight excluding hydrogens is 384 g/mol. The summed E-state index contributed by atoms with van der Waals surface area (Å²) >= 11 is 0. The lowest BCUT2D eigenvalue weighted by atomic mass is 9.91. The Morgan fingerprint density at radius 2 is 1.03 bits per heavy atom. The lowest BCUT2D eigenvalue weighted by Gasteiger charge is -2.17. The van der Waals surface area contributed by atoms with Crippen molar-refractivity contribution in [3.05, 3.63) is 60.7 Å². The lowest BCUT2D eigenvalue weighted by Crippen LogP contribution is -2.03. The van der Waals surface area contributed by atoms with E-state index in [-0.39, 0.29) is 34.1 Å². The molecule has 4 aromatic carbocycles. The van der Waals surface area contributed by atoms with Crippen molar-refractivity contribution in [3.8, 4) is 34.1 Å². The molecule has 150 valence electrons. The molecule has 4 rings (SSSR count). The quantitative estimate of drug-likeness (QED) is 0.373. The van der Waals surface area contributed by atoms with E-state index >= 15 is 0 Å². The number of phenolic OH excluding ortho intramolecular Hbond substituents is 2. The number of esters is 2. The third-order valence-electron chi connectivity index (χ3n) is 4.73. The Morgan fingerprint density at radius 3 is 1.40 bits per heavy atom. The first-order valence-electron chi connectivity index (χ1n) is 9.23. The molecule has 0 spiro atoms. The number of benzene rings is 4. The third-order valence-corrected chi connectivity index (χ3v) is 4.73. The monoisotopic (exact) mass is 402 g/mol. The van der Waals surface area contributed by atoms with Crippen LogP contribution < -0.4 is 9.47 Å². The maximum Gasteiger partial charge on any atom is 0.308 e. The van der Waals surface area contributed by atoms with E-state index < -0.39 is 11.9 Å². The van der Waals surface area contributed by atoms with Gasteiger partial charge in [0.2, 0.25) is 0 Å². The van der Waals surface area contributed by atoms with Gasteiger partial charge in [0, 0.05) is 35.7 Å². The molecule has 6 nitrogen and oxygen atoms in total. The molecule has 0 bridgehead atoms. The highest BCUT2D eigenvalue weighted by atomic mass is 16.5. The van der Waals surface area contributed by atoms with Gasteiger partial charge in [-0.05, 0) is 35.0 Å². The van der Waals surface area contributed by atoms with Crippen LogP contribution in [0.5, 0.6) is 23.0 Å². The number of ether oxygens (including phenoxy) is 2. The highest BCUT2D eigenvalue weighted by Gasteiger charge is 2.22. The zero-order valence-electron chi connectivity index (χ0n) is 16.3. The van der Waals surface area contributed by atoms with Crippen LogP contribution in [-0.4, -0.2) is 22.2 Å². The van der Waals surface area contributed by atoms with Crippen molar-refractivity contribution in [1.82, 2.24) is 0 Å². The van der Waals surface area contributed by atoms with E-state index in [0.717, 1.165) is 0 Å². The highest BCUT2D eigenvalue weighted by Crippen LogP contribution is 2.49. The number of carbonyl (C=O) groups is 2. The smallest absolute Gasteiger partial charge is 0.308 e. The molecule has 0 aliphatic rings. The number of aromatic hydroxyl groups is 2. The molecule has 2 N–H and O–H groups in total. The minimum absolute atomic E-state index is 0.123. The molecule has 0 saturated carbocycles. The van der Waals surface area contributed by atoms with Crippen molar-refractivity contribution in [2.45, 2.75) is 13.8 Å². The van der Waals surface area contributed by atoms with Crippen LogP contribution in [-0.2, 0) is 9.59 Å². The molecule has 4 aromatic rings. The van der Waals surface area contributed by atoms with Crippen LogP contribution in [0.4, 0.5) is 0 Å². The van der Waals surface area contributed by atoms with Crippen molar-refractivity contribution in [1.29, 1.82) is 0 Å². The Labute approximate surface area is 171 Å².